The number of carbonyl (C=O) groups is 2. The van der Waals surface area contributed by atoms with Crippen LogP contribution in [0.25, 0.3) is 11.0 Å². The van der Waals surface area contributed by atoms with Gasteiger partial charge in [0.05, 0.1) is 30.5 Å². The number of para-hydroxylation sites is 2. The lowest BCUT2D eigenvalue weighted by Gasteiger charge is -2.13. The van der Waals surface area contributed by atoms with Crippen LogP contribution in [0.2, 0.25) is 0 Å². The summed E-state index contributed by atoms with van der Waals surface area (Å²) in [5.41, 5.74) is 4.74. The Morgan fingerprint density at radius 1 is 0.968 bits per heavy atom. The van der Waals surface area contributed by atoms with Gasteiger partial charge in [-0.3, -0.25) is 0 Å². The summed E-state index contributed by atoms with van der Waals surface area (Å²) in [6, 6.07) is 12.2. The van der Waals surface area contributed by atoms with Crippen molar-refractivity contribution in [2.45, 2.75) is 40.2 Å². The molecule has 0 unspecified atom stereocenters. The fraction of sp³-hybridized carbons (Fsp3) is 0.348. The van der Waals surface area contributed by atoms with Crippen molar-refractivity contribution >= 4 is 23.0 Å². The van der Waals surface area contributed by atoms with Crippen LogP contribution in [0.4, 0.5) is 0 Å². The van der Waals surface area contributed by atoms with Crippen molar-refractivity contribution in [3.63, 3.8) is 0 Å². The second-order valence-corrected chi connectivity index (χ2v) is 6.97. The average molecular weight is 428 g/mol. The molecule has 1 heterocycles. The van der Waals surface area contributed by atoms with Crippen LogP contribution in [0.5, 0.6) is 11.5 Å². The normalized spacial score (nSPS) is 10.3. The standard InChI is InChI=1S/C21H26N2O2.C2H2O4/c1-4-5-11-24-20-8-6-7-9-21(20)25-12-10-23-15-22-18-13-16(2)17(3)14-19(18)23;3-1(4)2(5)6/h6-9,13-15H,4-5,10-12H2,1-3H3;(H,3,4)(H,5,6). The number of hydrogen-bond donors (Lipinski definition) is 2. The Kier molecular flexibility index (Phi) is 8.87. The van der Waals surface area contributed by atoms with Gasteiger partial charge in [-0.1, -0.05) is 25.5 Å². The van der Waals surface area contributed by atoms with Crippen molar-refractivity contribution in [1.29, 1.82) is 0 Å². The molecule has 2 N–H and O–H groups in total. The Hall–Kier alpha value is -3.55. The summed E-state index contributed by atoms with van der Waals surface area (Å²) in [5.74, 6) is -2.03. The molecule has 0 amide bonds. The van der Waals surface area contributed by atoms with Crippen LogP contribution in [-0.2, 0) is 16.1 Å². The molecule has 31 heavy (non-hydrogen) atoms. The van der Waals surface area contributed by atoms with E-state index in [2.05, 4.69) is 42.5 Å². The van der Waals surface area contributed by atoms with E-state index in [9.17, 15) is 0 Å². The highest BCUT2D eigenvalue weighted by Crippen LogP contribution is 2.27. The third kappa shape index (κ3) is 7.02. The smallest absolute Gasteiger partial charge is 0.414 e. The van der Waals surface area contributed by atoms with Crippen LogP contribution in [-0.4, -0.2) is 44.9 Å². The van der Waals surface area contributed by atoms with Gasteiger partial charge in [0.1, 0.15) is 6.61 Å². The predicted octanol–water partition coefficient (Wildman–Crippen LogP) is 4.07. The van der Waals surface area contributed by atoms with Gasteiger partial charge < -0.3 is 24.3 Å². The summed E-state index contributed by atoms with van der Waals surface area (Å²) < 4.78 is 13.9. The second kappa shape index (κ2) is 11.6. The number of unbranched alkanes of at least 4 members (excludes halogenated alkanes) is 1. The number of rotatable bonds is 8. The third-order valence-corrected chi connectivity index (χ3v) is 4.61. The summed E-state index contributed by atoms with van der Waals surface area (Å²) >= 11 is 0. The van der Waals surface area contributed by atoms with Crippen molar-refractivity contribution in [2.24, 2.45) is 0 Å². The molecule has 3 rings (SSSR count). The monoisotopic (exact) mass is 428 g/mol. The second-order valence-electron chi connectivity index (χ2n) is 6.97. The van der Waals surface area contributed by atoms with Crippen LogP contribution in [0, 0.1) is 13.8 Å². The lowest BCUT2D eigenvalue weighted by Crippen LogP contribution is -2.09. The molecular formula is C23H28N2O6. The summed E-state index contributed by atoms with van der Waals surface area (Å²) in [4.78, 5) is 22.7. The molecule has 0 radical (unpaired) electrons. The summed E-state index contributed by atoms with van der Waals surface area (Å²) in [6.07, 6.45) is 4.06. The maximum Gasteiger partial charge on any atom is 0.414 e. The van der Waals surface area contributed by atoms with Gasteiger partial charge in [-0.15, -0.1) is 0 Å². The number of aryl methyl sites for hydroxylation is 2. The first kappa shape index (κ1) is 23.7. The van der Waals surface area contributed by atoms with E-state index in [4.69, 9.17) is 29.3 Å². The first-order valence-electron chi connectivity index (χ1n) is 10.1. The number of benzene rings is 2. The van der Waals surface area contributed by atoms with Gasteiger partial charge in [0.25, 0.3) is 0 Å². The van der Waals surface area contributed by atoms with Crippen molar-refractivity contribution < 1.29 is 29.3 Å². The lowest BCUT2D eigenvalue weighted by molar-refractivity contribution is -0.159. The average Bonchev–Trinajstić information content (AvgIpc) is 3.11. The van der Waals surface area contributed by atoms with Gasteiger partial charge >= 0.3 is 11.9 Å². The number of nitrogens with zero attached hydrogens (tertiary/aromatic N) is 2. The van der Waals surface area contributed by atoms with Gasteiger partial charge in [-0.25, -0.2) is 14.6 Å². The summed E-state index contributed by atoms with van der Waals surface area (Å²) in [5, 5.41) is 14.8. The minimum absolute atomic E-state index is 0.576. The maximum atomic E-state index is 9.10. The first-order valence-corrected chi connectivity index (χ1v) is 10.1. The largest absolute Gasteiger partial charge is 0.490 e. The van der Waals surface area contributed by atoms with Gasteiger partial charge in [0, 0.05) is 0 Å². The van der Waals surface area contributed by atoms with E-state index in [-0.39, 0.29) is 0 Å². The highest BCUT2D eigenvalue weighted by atomic mass is 16.5. The molecule has 0 saturated carbocycles. The van der Waals surface area contributed by atoms with E-state index in [0.717, 1.165) is 48.5 Å². The number of carboxylic acids is 2. The van der Waals surface area contributed by atoms with Crippen LogP contribution in [0.15, 0.2) is 42.7 Å². The Balaban J connectivity index is 0.000000501. The molecule has 0 fully saturated rings. The molecule has 0 aliphatic heterocycles. The molecule has 8 nitrogen and oxygen atoms in total. The van der Waals surface area contributed by atoms with Crippen molar-refractivity contribution in [1.82, 2.24) is 9.55 Å². The minimum atomic E-state index is -1.82. The molecule has 0 atom stereocenters. The molecule has 8 heteroatoms. The number of fused-ring (bicyclic) bond motifs is 1. The molecule has 2 aromatic carbocycles. The van der Waals surface area contributed by atoms with Gasteiger partial charge in [0.2, 0.25) is 0 Å². The molecular weight excluding hydrogens is 400 g/mol. The molecule has 0 spiro atoms. The Bertz CT molecular complexity index is 1020. The predicted molar refractivity (Wildman–Crippen MR) is 117 cm³/mol. The van der Waals surface area contributed by atoms with E-state index in [1.807, 2.05) is 30.6 Å². The number of carboxylic acid groups (broad SMARTS) is 2. The topological polar surface area (TPSA) is 111 Å². The Labute approximate surface area is 181 Å². The molecule has 0 bridgehead atoms. The summed E-state index contributed by atoms with van der Waals surface area (Å²) in [6.45, 7) is 8.46. The minimum Gasteiger partial charge on any atom is -0.490 e. The Morgan fingerprint density at radius 3 is 2.13 bits per heavy atom. The number of hydrogen-bond acceptors (Lipinski definition) is 5. The molecule has 1 aromatic heterocycles. The summed E-state index contributed by atoms with van der Waals surface area (Å²) in [7, 11) is 0. The zero-order valence-corrected chi connectivity index (χ0v) is 18.0. The lowest BCUT2D eigenvalue weighted by atomic mass is 10.1. The quantitative estimate of drug-likeness (QED) is 0.411. The van der Waals surface area contributed by atoms with Crippen LogP contribution < -0.4 is 9.47 Å². The van der Waals surface area contributed by atoms with E-state index >= 15 is 0 Å². The van der Waals surface area contributed by atoms with Crippen molar-refractivity contribution in [3.8, 4) is 11.5 Å². The van der Waals surface area contributed by atoms with Gasteiger partial charge in [-0.05, 0) is 55.7 Å². The number of aromatic nitrogens is 2. The maximum absolute atomic E-state index is 9.10. The van der Waals surface area contributed by atoms with Gasteiger partial charge in [0.15, 0.2) is 11.5 Å². The van der Waals surface area contributed by atoms with Crippen LogP contribution in [0.3, 0.4) is 0 Å². The first-order chi connectivity index (χ1) is 14.8. The third-order valence-electron chi connectivity index (χ3n) is 4.61. The number of aliphatic carboxylic acids is 2. The van der Waals surface area contributed by atoms with E-state index in [1.165, 1.54) is 11.1 Å². The molecule has 0 saturated heterocycles. The molecule has 0 aliphatic carbocycles. The zero-order valence-electron chi connectivity index (χ0n) is 18.0. The zero-order chi connectivity index (χ0) is 22.8. The van der Waals surface area contributed by atoms with Gasteiger partial charge in [-0.2, -0.15) is 0 Å². The van der Waals surface area contributed by atoms with E-state index in [0.29, 0.717) is 6.61 Å². The van der Waals surface area contributed by atoms with Crippen LogP contribution >= 0.6 is 0 Å². The Morgan fingerprint density at radius 2 is 1.55 bits per heavy atom. The van der Waals surface area contributed by atoms with Crippen molar-refractivity contribution in [3.05, 3.63) is 53.9 Å². The number of imidazole rings is 1. The molecule has 0 aliphatic rings. The van der Waals surface area contributed by atoms with E-state index in [1.54, 1.807) is 0 Å². The highest BCUT2D eigenvalue weighted by molar-refractivity contribution is 6.27. The molecule has 3 aromatic rings. The van der Waals surface area contributed by atoms with Crippen molar-refractivity contribution in [2.75, 3.05) is 13.2 Å². The number of ether oxygens (including phenoxy) is 2. The molecule has 166 valence electrons. The van der Waals surface area contributed by atoms with Crippen LogP contribution in [0.1, 0.15) is 30.9 Å². The fourth-order valence-electron chi connectivity index (χ4n) is 2.76. The fourth-order valence-corrected chi connectivity index (χ4v) is 2.76. The highest BCUT2D eigenvalue weighted by Gasteiger charge is 2.07. The SMILES string of the molecule is CCCCOc1ccccc1OCCn1cnc2cc(C)c(C)cc21.O=C(O)C(=O)O. The van der Waals surface area contributed by atoms with E-state index < -0.39 is 11.9 Å².